The first-order valence-corrected chi connectivity index (χ1v) is 2.93. The predicted molar refractivity (Wildman–Crippen MR) is 16.9 cm³/mol. The van der Waals surface area contributed by atoms with Crippen molar-refractivity contribution in [2.24, 2.45) is 0 Å². The highest BCUT2D eigenvalue weighted by atomic mass is 31.2. The Morgan fingerprint density at radius 1 is 1.71 bits per heavy atom. The Kier molecular flexibility index (Phi) is 0.932. The first-order valence-electron chi connectivity index (χ1n) is 1.44. The standard InChI is InChI=1S/CH2FO4P/c2-1-5-7(3,4)6-1/h1H,(H,3,4). The zero-order chi connectivity index (χ0) is 5.49. The van der Waals surface area contributed by atoms with Gasteiger partial charge in [-0.3, -0.25) is 0 Å². The quantitative estimate of drug-likeness (QED) is 0.479. The molecule has 0 spiro atoms. The molecule has 0 saturated carbocycles. The van der Waals surface area contributed by atoms with Gasteiger partial charge in [-0.15, -0.1) is 0 Å². The van der Waals surface area contributed by atoms with Gasteiger partial charge in [0.2, 0.25) is 0 Å². The van der Waals surface area contributed by atoms with Crippen molar-refractivity contribution < 1.29 is 22.9 Å². The molecule has 0 aliphatic carbocycles. The molecule has 0 atom stereocenters. The molecule has 0 amide bonds. The average molecular weight is 128 g/mol. The monoisotopic (exact) mass is 128 g/mol. The van der Waals surface area contributed by atoms with Crippen molar-refractivity contribution in [2.45, 2.75) is 6.54 Å². The number of hydrogen-bond acceptors (Lipinski definition) is 3. The minimum Gasteiger partial charge on any atom is -0.302 e. The fourth-order valence-electron chi connectivity index (χ4n) is 0.217. The summed E-state index contributed by atoms with van der Waals surface area (Å²) in [4.78, 5) is 7.95. The Bertz CT molecular complexity index is 113. The third-order valence-electron chi connectivity index (χ3n) is 0.432. The topological polar surface area (TPSA) is 55.8 Å². The van der Waals surface area contributed by atoms with Crippen LogP contribution in [0.5, 0.6) is 0 Å². The van der Waals surface area contributed by atoms with E-state index in [9.17, 15) is 8.96 Å². The first-order chi connectivity index (χ1) is 3.10. The Labute approximate surface area is 38.5 Å². The Morgan fingerprint density at radius 3 is 2.14 bits per heavy atom. The van der Waals surface area contributed by atoms with Crippen molar-refractivity contribution >= 4 is 7.82 Å². The second-order valence-electron chi connectivity index (χ2n) is 0.954. The molecule has 4 nitrogen and oxygen atoms in total. The molecule has 1 aliphatic heterocycles. The molecule has 42 valence electrons. The summed E-state index contributed by atoms with van der Waals surface area (Å²) < 4.78 is 28.1. The molecule has 1 N–H and O–H groups in total. The van der Waals surface area contributed by atoms with Crippen LogP contribution in [0.15, 0.2) is 0 Å². The number of rotatable bonds is 0. The van der Waals surface area contributed by atoms with Gasteiger partial charge in [0.25, 0.3) is 0 Å². The Balaban J connectivity index is 2.44. The maximum atomic E-state index is 11.2. The Hall–Kier alpha value is 0.0400. The highest BCUT2D eigenvalue weighted by molar-refractivity contribution is 7.48. The average Bonchev–Trinajstić information content (AvgIpc) is 1.27. The number of phosphoric ester groups is 1. The summed E-state index contributed by atoms with van der Waals surface area (Å²) in [5.41, 5.74) is 0. The number of alkyl halides is 1. The molecule has 1 aliphatic rings. The van der Waals surface area contributed by atoms with Gasteiger partial charge in [-0.2, -0.15) is 4.39 Å². The predicted octanol–water partition coefficient (Wildman–Crippen LogP) is 0.387. The summed E-state index contributed by atoms with van der Waals surface area (Å²) in [6.07, 6.45) is 0. The lowest BCUT2D eigenvalue weighted by Gasteiger charge is -2.23. The van der Waals surface area contributed by atoms with Crippen LogP contribution in [0, 0.1) is 0 Å². The third-order valence-corrected chi connectivity index (χ3v) is 1.30. The summed E-state index contributed by atoms with van der Waals surface area (Å²) in [6, 6.07) is 0. The molecular formula is CH2FO4P. The van der Waals surface area contributed by atoms with Crippen LogP contribution >= 0.6 is 7.82 Å². The zero-order valence-electron chi connectivity index (χ0n) is 3.07. The molecule has 0 aromatic carbocycles. The van der Waals surface area contributed by atoms with Crippen LogP contribution in [0.1, 0.15) is 0 Å². The maximum Gasteiger partial charge on any atom is 0.480 e. The SMILES string of the molecule is O=P1(O)OC(F)O1. The van der Waals surface area contributed by atoms with E-state index in [1.165, 1.54) is 0 Å². The van der Waals surface area contributed by atoms with E-state index in [-0.39, 0.29) is 0 Å². The van der Waals surface area contributed by atoms with Gasteiger partial charge in [-0.1, -0.05) is 0 Å². The van der Waals surface area contributed by atoms with E-state index in [4.69, 9.17) is 4.89 Å². The van der Waals surface area contributed by atoms with Crippen molar-refractivity contribution in [1.82, 2.24) is 0 Å². The van der Waals surface area contributed by atoms with Gasteiger partial charge in [0.05, 0.1) is 0 Å². The van der Waals surface area contributed by atoms with Crippen LogP contribution in [-0.2, 0) is 13.6 Å². The highest BCUT2D eigenvalue weighted by Gasteiger charge is 2.41. The summed E-state index contributed by atoms with van der Waals surface area (Å²) >= 11 is 0. The number of hydrogen-bond donors (Lipinski definition) is 1. The van der Waals surface area contributed by atoms with E-state index in [0.29, 0.717) is 0 Å². The minimum absolute atomic E-state index is 2.00. The van der Waals surface area contributed by atoms with Gasteiger partial charge < -0.3 is 4.89 Å². The maximum absolute atomic E-state index is 11.2. The van der Waals surface area contributed by atoms with E-state index < -0.39 is 14.4 Å². The molecule has 6 heteroatoms. The highest BCUT2D eigenvalue weighted by Crippen LogP contribution is 2.55. The fraction of sp³-hybridized carbons (Fsp3) is 1.00. The first kappa shape index (κ1) is 5.18. The summed E-state index contributed by atoms with van der Waals surface area (Å²) in [6.45, 7) is -2.00. The second kappa shape index (κ2) is 1.26. The van der Waals surface area contributed by atoms with E-state index >= 15 is 0 Å². The van der Waals surface area contributed by atoms with Gasteiger partial charge in [0, 0.05) is 0 Å². The smallest absolute Gasteiger partial charge is 0.302 e. The van der Waals surface area contributed by atoms with E-state index in [1.807, 2.05) is 0 Å². The zero-order valence-corrected chi connectivity index (χ0v) is 3.97. The van der Waals surface area contributed by atoms with Gasteiger partial charge in [-0.25, -0.2) is 13.6 Å². The molecule has 0 unspecified atom stereocenters. The number of halogens is 1. The summed E-state index contributed by atoms with van der Waals surface area (Å²) in [5, 5.41) is 0. The molecule has 1 saturated heterocycles. The van der Waals surface area contributed by atoms with Crippen molar-refractivity contribution in [2.75, 3.05) is 0 Å². The lowest BCUT2D eigenvalue weighted by atomic mass is 11.4. The molecular weight excluding hydrogens is 126 g/mol. The molecule has 0 radical (unpaired) electrons. The largest absolute Gasteiger partial charge is 0.480 e. The second-order valence-corrected chi connectivity index (χ2v) is 2.31. The van der Waals surface area contributed by atoms with Crippen LogP contribution in [-0.4, -0.2) is 11.4 Å². The van der Waals surface area contributed by atoms with Crippen molar-refractivity contribution in [1.29, 1.82) is 0 Å². The van der Waals surface area contributed by atoms with Crippen LogP contribution in [0.4, 0.5) is 4.39 Å². The molecule has 0 aromatic rings. The van der Waals surface area contributed by atoms with E-state index in [0.717, 1.165) is 0 Å². The van der Waals surface area contributed by atoms with Crippen molar-refractivity contribution in [3.8, 4) is 0 Å². The van der Waals surface area contributed by atoms with Crippen LogP contribution in [0.3, 0.4) is 0 Å². The number of phosphoric acid groups is 1. The van der Waals surface area contributed by atoms with Gasteiger partial charge in [0.15, 0.2) is 0 Å². The van der Waals surface area contributed by atoms with E-state index in [1.54, 1.807) is 0 Å². The van der Waals surface area contributed by atoms with Gasteiger partial charge >= 0.3 is 14.4 Å². The van der Waals surface area contributed by atoms with Crippen molar-refractivity contribution in [3.63, 3.8) is 0 Å². The molecule has 0 bridgehead atoms. The summed E-state index contributed by atoms with van der Waals surface area (Å²) in [5.74, 6) is 0. The fourth-order valence-corrected chi connectivity index (χ4v) is 0.652. The molecule has 1 fully saturated rings. The van der Waals surface area contributed by atoms with Crippen LogP contribution in [0.2, 0.25) is 0 Å². The van der Waals surface area contributed by atoms with Crippen molar-refractivity contribution in [3.05, 3.63) is 0 Å². The van der Waals surface area contributed by atoms with Crippen LogP contribution < -0.4 is 0 Å². The molecule has 0 aromatic heterocycles. The minimum atomic E-state index is -3.90. The van der Waals surface area contributed by atoms with Gasteiger partial charge in [0.1, 0.15) is 0 Å². The molecule has 7 heavy (non-hydrogen) atoms. The van der Waals surface area contributed by atoms with E-state index in [2.05, 4.69) is 9.05 Å². The van der Waals surface area contributed by atoms with Crippen LogP contribution in [0.25, 0.3) is 0 Å². The molecule has 1 heterocycles. The molecule has 1 rings (SSSR count). The lowest BCUT2D eigenvalue weighted by molar-refractivity contribution is -0.196. The van der Waals surface area contributed by atoms with Gasteiger partial charge in [-0.05, 0) is 0 Å². The normalized spacial score (nSPS) is 50.9. The third kappa shape index (κ3) is 0.978. The summed E-state index contributed by atoms with van der Waals surface area (Å²) in [7, 11) is -3.90. The Morgan fingerprint density at radius 2 is 2.14 bits per heavy atom. The lowest BCUT2D eigenvalue weighted by Crippen LogP contribution is -2.19.